The monoisotopic (exact) mass is 443 g/mol. The Morgan fingerprint density at radius 2 is 1.78 bits per heavy atom. The molecule has 1 amide bonds. The molecule has 9 nitrogen and oxygen atoms in total. The van der Waals surface area contributed by atoms with Crippen molar-refractivity contribution < 1.29 is 19.1 Å². The van der Waals surface area contributed by atoms with Crippen molar-refractivity contribution in [1.82, 2.24) is 14.9 Å². The lowest BCUT2D eigenvalue weighted by Gasteiger charge is -2.22. The maximum Gasteiger partial charge on any atom is 0.414 e. The summed E-state index contributed by atoms with van der Waals surface area (Å²) in [6, 6.07) is 5.22. The van der Waals surface area contributed by atoms with Gasteiger partial charge in [0.15, 0.2) is 11.5 Å². The van der Waals surface area contributed by atoms with E-state index < -0.39 is 12.1 Å². The molecule has 0 atom stereocenters. The topological polar surface area (TPSA) is 96.9 Å². The Morgan fingerprint density at radius 3 is 2.34 bits per heavy atom. The number of anilines is 2. The smallest absolute Gasteiger partial charge is 0.414 e. The van der Waals surface area contributed by atoms with Gasteiger partial charge in [0, 0.05) is 45.2 Å². The van der Waals surface area contributed by atoms with Crippen LogP contribution in [0.3, 0.4) is 0 Å². The van der Waals surface area contributed by atoms with Crippen LogP contribution >= 0.6 is 0 Å². The van der Waals surface area contributed by atoms with Crippen molar-refractivity contribution in [3.63, 3.8) is 0 Å². The number of rotatable bonds is 9. The molecular formula is C23H33N5O4. The summed E-state index contributed by atoms with van der Waals surface area (Å²) in [5.41, 5.74) is 1.76. The van der Waals surface area contributed by atoms with E-state index in [2.05, 4.69) is 10.3 Å². The Kier molecular flexibility index (Phi) is 8.80. The van der Waals surface area contributed by atoms with E-state index in [-0.39, 0.29) is 24.0 Å². The van der Waals surface area contributed by atoms with E-state index in [1.165, 1.54) is 4.90 Å². The average molecular weight is 444 g/mol. The molecule has 0 saturated heterocycles. The number of carbonyl (C=O) groups excluding carboxylic acids is 2. The van der Waals surface area contributed by atoms with Gasteiger partial charge in [0.05, 0.1) is 11.9 Å². The number of aromatic nitrogens is 2. The fraction of sp³-hybridized carbons (Fsp3) is 0.478. The maximum atomic E-state index is 12.2. The molecular weight excluding hydrogens is 410 g/mol. The fourth-order valence-corrected chi connectivity index (χ4v) is 2.91. The number of hydrogen-bond acceptors (Lipinski definition) is 8. The van der Waals surface area contributed by atoms with E-state index in [4.69, 9.17) is 14.5 Å². The molecule has 9 heteroatoms. The third-order valence-corrected chi connectivity index (χ3v) is 4.57. The van der Waals surface area contributed by atoms with Gasteiger partial charge >= 0.3 is 12.1 Å². The van der Waals surface area contributed by atoms with Gasteiger partial charge in [-0.05, 0) is 39.8 Å². The number of benzene rings is 1. The van der Waals surface area contributed by atoms with Gasteiger partial charge in [-0.1, -0.05) is 13.0 Å². The molecule has 1 aromatic heterocycles. The van der Waals surface area contributed by atoms with Crippen molar-refractivity contribution in [1.29, 1.82) is 0 Å². The van der Waals surface area contributed by atoms with Crippen molar-refractivity contribution in [2.75, 3.05) is 37.4 Å². The molecule has 2 aromatic rings. The zero-order valence-corrected chi connectivity index (χ0v) is 19.9. The van der Waals surface area contributed by atoms with Crippen LogP contribution in [0.5, 0.6) is 11.5 Å². The fourth-order valence-electron chi connectivity index (χ4n) is 2.91. The van der Waals surface area contributed by atoms with E-state index in [0.717, 1.165) is 13.1 Å². The Bertz CT molecular complexity index is 942. The summed E-state index contributed by atoms with van der Waals surface area (Å²) in [4.78, 5) is 37.1. The molecule has 0 aliphatic rings. The van der Waals surface area contributed by atoms with E-state index >= 15 is 0 Å². The highest BCUT2D eigenvalue weighted by Crippen LogP contribution is 2.41. The number of esters is 1. The van der Waals surface area contributed by atoms with Crippen molar-refractivity contribution in [3.8, 4) is 22.8 Å². The van der Waals surface area contributed by atoms with Gasteiger partial charge in [-0.2, -0.15) is 0 Å². The first-order chi connectivity index (χ1) is 15.2. The summed E-state index contributed by atoms with van der Waals surface area (Å²) in [6.07, 6.45) is 1.31. The normalized spacial score (nSPS) is 10.6. The Hall–Kier alpha value is -3.36. The number of amides is 1. The number of nitrogens with zero attached hydrogens (tertiary/aromatic N) is 4. The number of nitrogens with one attached hydrogen (secondary N) is 1. The van der Waals surface area contributed by atoms with Gasteiger partial charge < -0.3 is 24.6 Å². The summed E-state index contributed by atoms with van der Waals surface area (Å²) in [5, 5.41) is 3.35. The van der Waals surface area contributed by atoms with Gasteiger partial charge in [-0.25, -0.2) is 14.8 Å². The number of carbonyl (C=O) groups is 2. The van der Waals surface area contributed by atoms with Crippen LogP contribution in [-0.2, 0) is 4.79 Å². The average Bonchev–Trinajstić information content (AvgIpc) is 2.76. The molecule has 1 heterocycles. The van der Waals surface area contributed by atoms with Crippen LogP contribution in [0.2, 0.25) is 0 Å². The minimum atomic E-state index is -0.581. The summed E-state index contributed by atoms with van der Waals surface area (Å²) in [6.45, 7) is 11.3. The van der Waals surface area contributed by atoms with E-state index in [0.29, 0.717) is 22.9 Å². The molecule has 0 unspecified atom stereocenters. The minimum Gasteiger partial charge on any atom is -0.422 e. The molecule has 0 aliphatic carbocycles. The molecule has 0 saturated carbocycles. The Balaban J connectivity index is 2.73. The quantitative estimate of drug-likeness (QED) is 0.455. The number of para-hydroxylation sites is 1. The summed E-state index contributed by atoms with van der Waals surface area (Å²) in [7, 11) is 3.16. The summed E-state index contributed by atoms with van der Waals surface area (Å²) in [5.74, 6) is 0.394. The van der Waals surface area contributed by atoms with Crippen molar-refractivity contribution in [3.05, 3.63) is 24.4 Å². The van der Waals surface area contributed by atoms with Gasteiger partial charge in [0.2, 0.25) is 5.95 Å². The minimum absolute atomic E-state index is 0.119. The second kappa shape index (κ2) is 11.3. The van der Waals surface area contributed by atoms with Gasteiger partial charge in [0.25, 0.3) is 0 Å². The largest absolute Gasteiger partial charge is 0.422 e. The number of ether oxygens (including phenoxy) is 2. The highest BCUT2D eigenvalue weighted by Gasteiger charge is 2.23. The molecule has 0 aliphatic heterocycles. The Labute approximate surface area is 189 Å². The molecule has 32 heavy (non-hydrogen) atoms. The second-order valence-corrected chi connectivity index (χ2v) is 7.63. The zero-order valence-electron chi connectivity index (χ0n) is 19.9. The van der Waals surface area contributed by atoms with Crippen LogP contribution in [0.25, 0.3) is 11.3 Å². The van der Waals surface area contributed by atoms with Crippen LogP contribution in [0, 0.1) is 0 Å². The maximum absolute atomic E-state index is 12.2. The van der Waals surface area contributed by atoms with Crippen molar-refractivity contribution in [2.24, 2.45) is 0 Å². The molecule has 0 radical (unpaired) electrons. The molecule has 0 spiro atoms. The first-order valence-electron chi connectivity index (χ1n) is 10.8. The Morgan fingerprint density at radius 1 is 1.09 bits per heavy atom. The standard InChI is InChI=1S/C23H33N5O4/c1-8-19(29)32-21-16(12-11-13-18(21)31-23(30)27(6)7)20-17(25-15(4)5)14-24-22(26-20)28(9-2)10-3/h11-15,25H,8-10H2,1-7H3. The SMILES string of the molecule is CCC(=O)Oc1c(OC(=O)N(C)C)cccc1-c1nc(N(CC)CC)ncc1NC(C)C. The molecule has 1 N–H and O–H groups in total. The lowest BCUT2D eigenvalue weighted by Crippen LogP contribution is -2.26. The van der Waals surface area contributed by atoms with Gasteiger partial charge in [-0.15, -0.1) is 0 Å². The lowest BCUT2D eigenvalue weighted by molar-refractivity contribution is -0.134. The zero-order chi connectivity index (χ0) is 23.8. The molecule has 2 rings (SSSR count). The number of hydrogen-bond donors (Lipinski definition) is 1. The highest BCUT2D eigenvalue weighted by atomic mass is 16.6. The van der Waals surface area contributed by atoms with Crippen molar-refractivity contribution >= 4 is 23.7 Å². The van der Waals surface area contributed by atoms with E-state index in [1.54, 1.807) is 45.4 Å². The molecule has 174 valence electrons. The van der Waals surface area contributed by atoms with E-state index in [9.17, 15) is 9.59 Å². The second-order valence-electron chi connectivity index (χ2n) is 7.63. The lowest BCUT2D eigenvalue weighted by atomic mass is 10.1. The van der Waals surface area contributed by atoms with Crippen LogP contribution in [-0.4, -0.2) is 60.2 Å². The molecule has 0 fully saturated rings. The van der Waals surface area contributed by atoms with E-state index in [1.807, 2.05) is 32.6 Å². The van der Waals surface area contributed by atoms with Gasteiger partial charge in [0.1, 0.15) is 5.69 Å². The van der Waals surface area contributed by atoms with Crippen LogP contribution in [0.1, 0.15) is 41.0 Å². The van der Waals surface area contributed by atoms with Crippen LogP contribution < -0.4 is 19.7 Å². The highest BCUT2D eigenvalue weighted by molar-refractivity contribution is 5.85. The third kappa shape index (κ3) is 6.09. The predicted molar refractivity (Wildman–Crippen MR) is 125 cm³/mol. The third-order valence-electron chi connectivity index (χ3n) is 4.57. The first kappa shape index (κ1) is 24.9. The summed E-state index contributed by atoms with van der Waals surface area (Å²) < 4.78 is 11.1. The van der Waals surface area contributed by atoms with Crippen molar-refractivity contribution in [2.45, 2.75) is 47.1 Å². The molecule has 1 aromatic carbocycles. The van der Waals surface area contributed by atoms with Gasteiger partial charge in [-0.3, -0.25) is 4.79 Å². The predicted octanol–water partition coefficient (Wildman–Crippen LogP) is 4.19. The first-order valence-corrected chi connectivity index (χ1v) is 10.8. The summed E-state index contributed by atoms with van der Waals surface area (Å²) >= 11 is 0. The van der Waals surface area contributed by atoms with Crippen LogP contribution in [0.15, 0.2) is 24.4 Å². The molecule has 0 bridgehead atoms. The van der Waals surface area contributed by atoms with Crippen LogP contribution in [0.4, 0.5) is 16.4 Å².